The van der Waals surface area contributed by atoms with Crippen LogP contribution in [0.5, 0.6) is 0 Å². The van der Waals surface area contributed by atoms with Crippen LogP contribution in [0, 0.1) is 0 Å². The van der Waals surface area contributed by atoms with Gasteiger partial charge in [-0.25, -0.2) is 4.79 Å². The first-order chi connectivity index (χ1) is 10.7. The zero-order valence-corrected chi connectivity index (χ0v) is 16.0. The number of methoxy groups -OCH3 is 1. The first-order valence-corrected chi connectivity index (χ1v) is 7.91. The van der Waals surface area contributed by atoms with Gasteiger partial charge in [-0.15, -0.1) is 0 Å². The molecule has 130 valence electrons. The average Bonchev–Trinajstić information content (AvgIpc) is 2.44. The Kier molecular flexibility index (Phi) is 9.86. The van der Waals surface area contributed by atoms with Crippen molar-refractivity contribution in [3.63, 3.8) is 0 Å². The molecule has 0 atom stereocenters. The van der Waals surface area contributed by atoms with E-state index in [2.05, 4.69) is 9.72 Å². The van der Waals surface area contributed by atoms with E-state index in [1.165, 1.54) is 13.3 Å². The van der Waals surface area contributed by atoms with Crippen molar-refractivity contribution in [2.24, 2.45) is 0 Å². The zero-order valence-electron chi connectivity index (χ0n) is 16.0. The molecule has 0 amide bonds. The van der Waals surface area contributed by atoms with Crippen LogP contribution in [0.4, 0.5) is 0 Å². The fourth-order valence-corrected chi connectivity index (χ4v) is 2.23. The summed E-state index contributed by atoms with van der Waals surface area (Å²) in [6.45, 7) is 9.24. The number of ether oxygens (including phenoxy) is 1. The summed E-state index contributed by atoms with van der Waals surface area (Å²) >= 11 is 0. The van der Waals surface area contributed by atoms with Gasteiger partial charge >= 0.3 is 31.6 Å². The molecule has 0 saturated carbocycles. The summed E-state index contributed by atoms with van der Waals surface area (Å²) in [5.41, 5.74) is 0.869. The zero-order chi connectivity index (χ0) is 17.6. The van der Waals surface area contributed by atoms with E-state index in [0.717, 1.165) is 0 Å². The fourth-order valence-electron chi connectivity index (χ4n) is 2.23. The molecule has 8 heteroatoms. The number of hydrogen-bond donors (Lipinski definition) is 0. The van der Waals surface area contributed by atoms with Gasteiger partial charge < -0.3 is 18.7 Å². The minimum Gasteiger partial charge on any atom is -0.538 e. The van der Waals surface area contributed by atoms with Crippen LogP contribution in [0.3, 0.4) is 0 Å². The molecule has 0 bridgehead atoms. The molecule has 0 aliphatic carbocycles. The Morgan fingerprint density at radius 2 is 1.42 bits per heavy atom. The summed E-state index contributed by atoms with van der Waals surface area (Å²) < 4.78 is 22.7. The normalized spacial score (nSPS) is 11.8. The molecule has 0 radical (unpaired) electrons. The van der Waals surface area contributed by atoms with Crippen LogP contribution in [0.15, 0.2) is 18.3 Å². The Morgan fingerprint density at radius 3 is 1.71 bits per heavy atom. The standard InChI is InChI=1S/C16H27BNO5.Li/c1-11(2)21-17(22-12(3)4,23-13(5)6)15-9-8-14(10-18-15)16(19)20-7;/h8-13H,1-7H3;/q-1;+1. The Labute approximate surface area is 156 Å². The summed E-state index contributed by atoms with van der Waals surface area (Å²) in [6, 6.07) is 3.31. The molecule has 0 unspecified atom stereocenters. The molecule has 0 aliphatic rings. The number of hydrogen-bond acceptors (Lipinski definition) is 6. The number of esters is 1. The van der Waals surface area contributed by atoms with Crippen molar-refractivity contribution in [3.05, 3.63) is 23.9 Å². The van der Waals surface area contributed by atoms with Gasteiger partial charge in [0.1, 0.15) is 0 Å². The molecule has 0 spiro atoms. The first-order valence-electron chi connectivity index (χ1n) is 7.91. The maximum absolute atomic E-state index is 11.6. The molecule has 0 saturated heterocycles. The molecule has 0 aliphatic heterocycles. The maximum atomic E-state index is 11.6. The third kappa shape index (κ3) is 6.58. The molecule has 24 heavy (non-hydrogen) atoms. The number of carbonyl (C=O) groups excluding carboxylic acids is 1. The van der Waals surface area contributed by atoms with E-state index in [-0.39, 0.29) is 37.2 Å². The van der Waals surface area contributed by atoms with Gasteiger partial charge in [0.15, 0.2) is 0 Å². The van der Waals surface area contributed by atoms with Gasteiger partial charge in [-0.3, -0.25) is 4.98 Å². The Bertz CT molecular complexity index is 481. The number of carbonyl (C=O) groups is 1. The predicted octanol–water partition coefficient (Wildman–Crippen LogP) is -0.707. The Hall–Kier alpha value is -0.838. The third-order valence-electron chi connectivity index (χ3n) is 2.92. The molecule has 0 aromatic carbocycles. The third-order valence-corrected chi connectivity index (χ3v) is 2.92. The SMILES string of the molecule is COC(=O)c1ccc([B-](OC(C)C)(OC(C)C)OC(C)C)nc1.[Li+]. The van der Waals surface area contributed by atoms with E-state index < -0.39 is 12.7 Å². The monoisotopic (exact) mass is 331 g/mol. The Morgan fingerprint density at radius 1 is 0.958 bits per heavy atom. The quantitative estimate of drug-likeness (QED) is 0.463. The summed E-state index contributed by atoms with van der Waals surface area (Å²) in [4.78, 5) is 15.9. The van der Waals surface area contributed by atoms with Crippen LogP contribution in [-0.2, 0) is 18.7 Å². The van der Waals surface area contributed by atoms with Gasteiger partial charge in [0.25, 0.3) is 0 Å². The van der Waals surface area contributed by atoms with E-state index in [4.69, 9.17) is 14.0 Å². The van der Waals surface area contributed by atoms with Gasteiger partial charge in [-0.2, -0.15) is 0 Å². The summed E-state index contributed by atoms with van der Waals surface area (Å²) in [5, 5.41) is 0. The predicted molar refractivity (Wildman–Crippen MR) is 89.6 cm³/mol. The molecule has 1 rings (SSSR count). The van der Waals surface area contributed by atoms with E-state index in [0.29, 0.717) is 11.2 Å². The van der Waals surface area contributed by atoms with E-state index in [9.17, 15) is 4.79 Å². The van der Waals surface area contributed by atoms with Crippen LogP contribution < -0.4 is 24.5 Å². The number of rotatable bonds is 8. The summed E-state index contributed by atoms with van der Waals surface area (Å²) in [7, 11) is 1.33. The number of pyridine rings is 1. The largest absolute Gasteiger partial charge is 1.00 e. The van der Waals surface area contributed by atoms with Crippen molar-refractivity contribution >= 4 is 18.3 Å². The van der Waals surface area contributed by atoms with Crippen molar-refractivity contribution in [2.45, 2.75) is 59.9 Å². The summed E-state index contributed by atoms with van der Waals surface area (Å²) in [6.07, 6.45) is 1.09. The van der Waals surface area contributed by atoms with Gasteiger partial charge in [0, 0.05) is 24.5 Å². The molecule has 0 N–H and O–H groups in total. The van der Waals surface area contributed by atoms with Gasteiger partial charge in [0.05, 0.1) is 12.7 Å². The number of aromatic nitrogens is 1. The molecule has 1 aromatic heterocycles. The Balaban J connectivity index is 0.00000529. The van der Waals surface area contributed by atoms with Gasteiger partial charge in [0.2, 0.25) is 0 Å². The van der Waals surface area contributed by atoms with Crippen LogP contribution in [-0.4, -0.2) is 43.1 Å². The minimum atomic E-state index is -2.22. The van der Waals surface area contributed by atoms with Crippen molar-refractivity contribution in [2.75, 3.05) is 7.11 Å². The topological polar surface area (TPSA) is 66.9 Å². The second-order valence-corrected chi connectivity index (χ2v) is 6.16. The molecule has 6 nitrogen and oxygen atoms in total. The van der Waals surface area contributed by atoms with Crippen LogP contribution in [0.25, 0.3) is 0 Å². The second kappa shape index (κ2) is 10.2. The fraction of sp³-hybridized carbons (Fsp3) is 0.625. The van der Waals surface area contributed by atoms with Crippen molar-refractivity contribution in [1.82, 2.24) is 4.98 Å². The van der Waals surface area contributed by atoms with E-state index in [1.807, 2.05) is 41.5 Å². The molecule has 1 heterocycles. The van der Waals surface area contributed by atoms with Crippen molar-refractivity contribution < 1.29 is 42.4 Å². The summed E-state index contributed by atoms with van der Waals surface area (Å²) in [5.74, 6) is -0.443. The van der Waals surface area contributed by atoms with Crippen LogP contribution in [0.1, 0.15) is 51.9 Å². The van der Waals surface area contributed by atoms with E-state index >= 15 is 0 Å². The minimum absolute atomic E-state index is 0. The van der Waals surface area contributed by atoms with Crippen molar-refractivity contribution in [1.29, 1.82) is 0 Å². The van der Waals surface area contributed by atoms with E-state index in [1.54, 1.807) is 12.1 Å². The van der Waals surface area contributed by atoms with Gasteiger partial charge in [-0.1, -0.05) is 6.07 Å². The molecular formula is C16H27BLiNO5. The smallest absolute Gasteiger partial charge is 0.538 e. The number of nitrogens with zero attached hydrogens (tertiary/aromatic N) is 1. The molecular weight excluding hydrogens is 304 g/mol. The van der Waals surface area contributed by atoms with Crippen LogP contribution >= 0.6 is 0 Å². The van der Waals surface area contributed by atoms with Crippen LogP contribution in [0.2, 0.25) is 0 Å². The molecule has 1 aromatic rings. The average molecular weight is 331 g/mol. The molecule has 0 fully saturated rings. The van der Waals surface area contributed by atoms with Gasteiger partial charge in [-0.05, 0) is 53.2 Å². The second-order valence-electron chi connectivity index (χ2n) is 6.16. The van der Waals surface area contributed by atoms with Crippen molar-refractivity contribution in [3.8, 4) is 0 Å². The maximum Gasteiger partial charge on any atom is 1.00 e. The first kappa shape index (κ1) is 23.2.